The number of hydrogen-bond donors (Lipinski definition) is 2. The molecule has 310 valence electrons. The van der Waals surface area contributed by atoms with Gasteiger partial charge >= 0.3 is 11.9 Å². The fourth-order valence-corrected chi connectivity index (χ4v) is 6.82. The van der Waals surface area contributed by atoms with E-state index < -0.39 is 17.4 Å². The lowest BCUT2D eigenvalue weighted by atomic mass is 9.89. The van der Waals surface area contributed by atoms with E-state index >= 15 is 0 Å². The van der Waals surface area contributed by atoms with Crippen LogP contribution in [0.25, 0.3) is 33.4 Å². The van der Waals surface area contributed by atoms with Crippen molar-refractivity contribution in [3.63, 3.8) is 0 Å². The molecule has 7 heteroatoms. The number of aliphatic hydroxyl groups is 2. The van der Waals surface area contributed by atoms with Gasteiger partial charge in [0.05, 0.1) is 33.0 Å². The molecule has 4 aromatic rings. The summed E-state index contributed by atoms with van der Waals surface area (Å²) < 4.78 is 17.4. The quantitative estimate of drug-likeness (QED) is 0.0414. The number of aryl methyl sites for hydroxylation is 4. The van der Waals surface area contributed by atoms with E-state index in [9.17, 15) is 19.8 Å². The molecule has 0 saturated carbocycles. The van der Waals surface area contributed by atoms with E-state index in [1.54, 1.807) is 13.8 Å². The number of rotatable bonds is 24. The van der Waals surface area contributed by atoms with Gasteiger partial charge < -0.3 is 24.4 Å². The van der Waals surface area contributed by atoms with E-state index in [1.807, 2.05) is 6.92 Å². The largest absolute Gasteiger partial charge is 0.493 e. The summed E-state index contributed by atoms with van der Waals surface area (Å²) in [5.41, 5.74) is 11.4. The Bertz CT molecular complexity index is 1910. The third-order valence-corrected chi connectivity index (χ3v) is 10.7. The maximum absolute atomic E-state index is 12.1. The third kappa shape index (κ3) is 13.3. The molecule has 0 atom stereocenters. The van der Waals surface area contributed by atoms with Crippen LogP contribution in [0.5, 0.6) is 5.75 Å². The fourth-order valence-electron chi connectivity index (χ4n) is 6.82. The summed E-state index contributed by atoms with van der Waals surface area (Å²) in [7, 11) is 0. The molecule has 0 amide bonds. The summed E-state index contributed by atoms with van der Waals surface area (Å²) in [6.45, 7) is 17.3. The van der Waals surface area contributed by atoms with Crippen LogP contribution in [-0.2, 0) is 44.7 Å². The van der Waals surface area contributed by atoms with Gasteiger partial charge in [0.2, 0.25) is 0 Å². The standard InChI is InChI=1S/C51H64O7/c1-8-10-11-14-38-17-19-40(20-18-38)41-21-23-42(24-22-41)47-26-25-43(31-39(47)9-2)46-32-44(15-12-28-57-49(54)36(3)4)48(56-30-27-51(7,34-52)35-53)45(33-46)16-13-29-58-50(55)37(5)6/h17-26,31-33,52-53H,3,5,8-16,27-30,34-35H2,1-2,4,6-7H3. The van der Waals surface area contributed by atoms with Crippen molar-refractivity contribution in [3.05, 3.63) is 125 Å². The van der Waals surface area contributed by atoms with Gasteiger partial charge in [-0.25, -0.2) is 9.59 Å². The zero-order valence-corrected chi connectivity index (χ0v) is 35.5. The molecule has 0 aliphatic heterocycles. The summed E-state index contributed by atoms with van der Waals surface area (Å²) in [6, 6.07) is 28.7. The normalized spacial score (nSPS) is 11.3. The second kappa shape index (κ2) is 22.8. The first-order valence-electron chi connectivity index (χ1n) is 20.9. The van der Waals surface area contributed by atoms with Gasteiger partial charge in [-0.2, -0.15) is 0 Å². The van der Waals surface area contributed by atoms with E-state index in [1.165, 1.54) is 52.6 Å². The number of hydrogen-bond acceptors (Lipinski definition) is 7. The highest BCUT2D eigenvalue weighted by molar-refractivity contribution is 5.87. The molecule has 7 nitrogen and oxygen atoms in total. The van der Waals surface area contributed by atoms with Crippen LogP contribution >= 0.6 is 0 Å². The molecule has 0 fully saturated rings. The predicted molar refractivity (Wildman–Crippen MR) is 236 cm³/mol. The van der Waals surface area contributed by atoms with Crippen molar-refractivity contribution in [1.29, 1.82) is 0 Å². The summed E-state index contributed by atoms with van der Waals surface area (Å²) in [6.07, 6.45) is 8.43. The lowest BCUT2D eigenvalue weighted by Gasteiger charge is -2.25. The van der Waals surface area contributed by atoms with Crippen LogP contribution in [0, 0.1) is 5.41 Å². The van der Waals surface area contributed by atoms with E-state index in [-0.39, 0.29) is 33.0 Å². The average molecular weight is 789 g/mol. The van der Waals surface area contributed by atoms with Crippen molar-refractivity contribution in [2.45, 2.75) is 98.8 Å². The Hall–Kier alpha value is -4.98. The number of esters is 2. The summed E-state index contributed by atoms with van der Waals surface area (Å²) >= 11 is 0. The maximum atomic E-state index is 12.1. The second-order valence-corrected chi connectivity index (χ2v) is 15.8. The molecule has 4 rings (SSSR count). The number of aliphatic hydroxyl groups excluding tert-OH is 2. The summed E-state index contributed by atoms with van der Waals surface area (Å²) in [5.74, 6) is -0.120. The van der Waals surface area contributed by atoms with Crippen LogP contribution in [0.2, 0.25) is 0 Å². The molecular weight excluding hydrogens is 725 g/mol. The summed E-state index contributed by atoms with van der Waals surface area (Å²) in [5, 5.41) is 19.9. The number of ether oxygens (including phenoxy) is 3. The first-order chi connectivity index (χ1) is 27.9. The number of carbonyl (C=O) groups excluding carboxylic acids is 2. The van der Waals surface area contributed by atoms with Crippen molar-refractivity contribution in [3.8, 4) is 39.1 Å². The Morgan fingerprint density at radius 2 is 1.10 bits per heavy atom. The van der Waals surface area contributed by atoms with Crippen LogP contribution in [0.3, 0.4) is 0 Å². The van der Waals surface area contributed by atoms with Gasteiger partial charge in [-0.1, -0.05) is 114 Å². The molecule has 0 spiro atoms. The van der Waals surface area contributed by atoms with Crippen molar-refractivity contribution in [2.24, 2.45) is 5.41 Å². The number of benzene rings is 4. The molecule has 0 aliphatic carbocycles. The minimum atomic E-state index is -0.689. The van der Waals surface area contributed by atoms with Crippen LogP contribution in [-0.4, -0.2) is 55.2 Å². The monoisotopic (exact) mass is 788 g/mol. The molecule has 2 N–H and O–H groups in total. The van der Waals surface area contributed by atoms with Crippen molar-refractivity contribution in [2.75, 3.05) is 33.0 Å². The molecule has 0 heterocycles. The van der Waals surface area contributed by atoms with Crippen LogP contribution in [0.4, 0.5) is 0 Å². The average Bonchev–Trinajstić information content (AvgIpc) is 3.24. The summed E-state index contributed by atoms with van der Waals surface area (Å²) in [4.78, 5) is 24.3. The van der Waals surface area contributed by atoms with Gasteiger partial charge in [0.1, 0.15) is 5.75 Å². The van der Waals surface area contributed by atoms with E-state index in [4.69, 9.17) is 14.2 Å². The SMILES string of the molecule is C=C(C)C(=O)OCCCc1cc(-c2ccc(-c3ccc(-c4ccc(CCCCC)cc4)cc3)c(CC)c2)cc(CCCOC(=O)C(=C)C)c1OCCC(C)(CO)CO. The maximum Gasteiger partial charge on any atom is 0.333 e. The molecular formula is C51H64O7. The smallest absolute Gasteiger partial charge is 0.333 e. The molecule has 0 radical (unpaired) electrons. The Kier molecular flexibility index (Phi) is 18.0. The van der Waals surface area contributed by atoms with Gasteiger partial charge in [-0.15, -0.1) is 0 Å². The van der Waals surface area contributed by atoms with E-state index in [0.717, 1.165) is 40.8 Å². The molecule has 0 saturated heterocycles. The highest BCUT2D eigenvalue weighted by Gasteiger charge is 2.23. The number of carbonyl (C=O) groups is 2. The van der Waals surface area contributed by atoms with Gasteiger partial charge in [0, 0.05) is 16.6 Å². The molecule has 0 aliphatic rings. The second-order valence-electron chi connectivity index (χ2n) is 15.8. The molecule has 0 unspecified atom stereocenters. The van der Waals surface area contributed by atoms with Crippen LogP contribution < -0.4 is 4.74 Å². The van der Waals surface area contributed by atoms with Crippen molar-refractivity contribution in [1.82, 2.24) is 0 Å². The minimum absolute atomic E-state index is 0.166. The minimum Gasteiger partial charge on any atom is -0.493 e. The Morgan fingerprint density at radius 1 is 0.603 bits per heavy atom. The lowest BCUT2D eigenvalue weighted by Crippen LogP contribution is -2.28. The first kappa shape index (κ1) is 45.7. The zero-order chi connectivity index (χ0) is 42.1. The number of unbranched alkanes of at least 4 members (excludes halogenated alkanes) is 2. The molecule has 58 heavy (non-hydrogen) atoms. The van der Waals surface area contributed by atoms with Crippen molar-refractivity contribution >= 4 is 11.9 Å². The molecule has 4 aromatic carbocycles. The Labute approximate surface area is 346 Å². The van der Waals surface area contributed by atoms with Crippen LogP contribution in [0.15, 0.2) is 103 Å². The van der Waals surface area contributed by atoms with Gasteiger partial charge in [0.25, 0.3) is 0 Å². The zero-order valence-electron chi connectivity index (χ0n) is 35.5. The lowest BCUT2D eigenvalue weighted by molar-refractivity contribution is -0.139. The van der Waals surface area contributed by atoms with Crippen molar-refractivity contribution < 1.29 is 34.0 Å². The topological polar surface area (TPSA) is 102 Å². The van der Waals surface area contributed by atoms with Gasteiger partial charge in [-0.05, 0) is 133 Å². The molecule has 0 bridgehead atoms. The van der Waals surface area contributed by atoms with E-state index in [2.05, 4.69) is 106 Å². The fraction of sp³-hybridized carbons (Fsp3) is 0.412. The highest BCUT2D eigenvalue weighted by Crippen LogP contribution is 2.37. The molecule has 0 aromatic heterocycles. The van der Waals surface area contributed by atoms with Crippen LogP contribution in [0.1, 0.15) is 95.4 Å². The van der Waals surface area contributed by atoms with E-state index in [0.29, 0.717) is 43.3 Å². The highest BCUT2D eigenvalue weighted by atomic mass is 16.5. The first-order valence-corrected chi connectivity index (χ1v) is 20.9. The predicted octanol–water partition coefficient (Wildman–Crippen LogP) is 10.8. The van der Waals surface area contributed by atoms with Gasteiger partial charge in [-0.3, -0.25) is 0 Å². The Morgan fingerprint density at radius 3 is 1.60 bits per heavy atom. The van der Waals surface area contributed by atoms with Gasteiger partial charge in [0.15, 0.2) is 0 Å². The third-order valence-electron chi connectivity index (χ3n) is 10.7. The Balaban J connectivity index is 1.67.